The zero-order valence-corrected chi connectivity index (χ0v) is 8.38. The Morgan fingerprint density at radius 2 is 0.765 bits per heavy atom. The summed E-state index contributed by atoms with van der Waals surface area (Å²) in [5, 5.41) is 41.2. The van der Waals surface area contributed by atoms with E-state index in [2.05, 4.69) is 0 Å². The molecule has 0 saturated carbocycles. The third-order valence-electron chi connectivity index (χ3n) is 1.86. The van der Waals surface area contributed by atoms with E-state index in [1.807, 2.05) is 0 Å². The van der Waals surface area contributed by atoms with E-state index >= 15 is 0 Å². The van der Waals surface area contributed by atoms with Gasteiger partial charge in [0.05, 0.1) is 0 Å². The third kappa shape index (κ3) is 5.91. The molecular weight excluding hydrogens is 244 g/mol. The van der Waals surface area contributed by atoms with Crippen molar-refractivity contribution in [1.82, 2.24) is 0 Å². The first-order chi connectivity index (χ1) is 7.67. The van der Waals surface area contributed by atoms with Gasteiger partial charge in [0.15, 0.2) is 0 Å². The molecule has 0 aliphatic rings. The van der Waals surface area contributed by atoms with Gasteiger partial charge in [0.1, 0.15) is 0 Å². The van der Waals surface area contributed by atoms with E-state index in [0.29, 0.717) is 0 Å². The summed E-state index contributed by atoms with van der Waals surface area (Å²) in [5.74, 6) is 0. The molecule has 0 aliphatic carbocycles. The molecule has 0 heterocycles. The Morgan fingerprint density at radius 1 is 0.588 bits per heavy atom. The molecule has 0 bridgehead atoms. The van der Waals surface area contributed by atoms with Crippen LogP contribution in [0.5, 0.6) is 0 Å². The fourth-order valence-electron chi connectivity index (χ4n) is 1.40. The number of hydrogen-bond acceptors (Lipinski definition) is 8. The van der Waals surface area contributed by atoms with Gasteiger partial charge in [-0.25, -0.2) is 0 Å². The van der Waals surface area contributed by atoms with Crippen LogP contribution in [0.2, 0.25) is 0 Å². The average molecular weight is 252 g/mol. The Balaban J connectivity index is 5.16. The highest BCUT2D eigenvalue weighted by atomic mass is 16.6. The van der Waals surface area contributed by atoms with Crippen molar-refractivity contribution in [3.05, 3.63) is 40.5 Å². The molecule has 0 saturated heterocycles. The first kappa shape index (κ1) is 14.6. The van der Waals surface area contributed by atoms with Crippen LogP contribution in [0.3, 0.4) is 0 Å². The minimum absolute atomic E-state index is 1.03. The van der Waals surface area contributed by atoms with Crippen molar-refractivity contribution >= 4 is 0 Å². The SMILES string of the molecule is O=[N+]([O-])CC(C[N+](=O)[O-])(C[N+](=O)[O-])C[N+](=O)[O-]. The molecular formula is C5H8N4O8. The maximum atomic E-state index is 10.3. The Hall–Kier alpha value is -2.40. The van der Waals surface area contributed by atoms with Crippen molar-refractivity contribution in [3.8, 4) is 0 Å². The van der Waals surface area contributed by atoms with Crippen molar-refractivity contribution in [3.63, 3.8) is 0 Å². The van der Waals surface area contributed by atoms with E-state index in [1.54, 1.807) is 0 Å². The fraction of sp³-hybridized carbons (Fsp3) is 1.00. The van der Waals surface area contributed by atoms with E-state index in [9.17, 15) is 40.5 Å². The van der Waals surface area contributed by atoms with Gasteiger partial charge in [-0.05, 0) is 0 Å². The molecule has 0 aromatic heterocycles. The van der Waals surface area contributed by atoms with E-state index in [-0.39, 0.29) is 0 Å². The van der Waals surface area contributed by atoms with E-state index in [0.717, 1.165) is 0 Å². The third-order valence-corrected chi connectivity index (χ3v) is 1.86. The summed E-state index contributed by atoms with van der Waals surface area (Å²) in [7, 11) is 0. The van der Waals surface area contributed by atoms with Crippen molar-refractivity contribution in [2.45, 2.75) is 0 Å². The van der Waals surface area contributed by atoms with Crippen molar-refractivity contribution in [2.75, 3.05) is 26.2 Å². The fourth-order valence-corrected chi connectivity index (χ4v) is 1.40. The molecule has 12 nitrogen and oxygen atoms in total. The first-order valence-electron chi connectivity index (χ1n) is 4.14. The summed E-state index contributed by atoms with van der Waals surface area (Å²) >= 11 is 0. The van der Waals surface area contributed by atoms with Crippen LogP contribution in [-0.2, 0) is 0 Å². The molecule has 0 spiro atoms. The van der Waals surface area contributed by atoms with Gasteiger partial charge in [0.2, 0.25) is 31.6 Å². The second-order valence-electron chi connectivity index (χ2n) is 3.46. The predicted octanol–water partition coefficient (Wildman–Crippen LogP) is -0.920. The Bertz CT molecular complexity index is 284. The zero-order chi connectivity index (χ0) is 13.6. The predicted molar refractivity (Wildman–Crippen MR) is 49.9 cm³/mol. The van der Waals surface area contributed by atoms with Crippen LogP contribution in [-0.4, -0.2) is 45.9 Å². The van der Waals surface area contributed by atoms with E-state index in [1.165, 1.54) is 0 Å². The normalized spacial score (nSPS) is 10.8. The molecule has 0 aromatic carbocycles. The quantitative estimate of drug-likeness (QED) is 0.393. The first-order valence-corrected chi connectivity index (χ1v) is 4.14. The van der Waals surface area contributed by atoms with Crippen LogP contribution in [0.1, 0.15) is 0 Å². The molecule has 0 aromatic rings. The van der Waals surface area contributed by atoms with Crippen molar-refractivity contribution in [1.29, 1.82) is 0 Å². The maximum absolute atomic E-state index is 10.3. The van der Waals surface area contributed by atoms with Gasteiger partial charge in [-0.15, -0.1) is 0 Å². The van der Waals surface area contributed by atoms with E-state index in [4.69, 9.17) is 0 Å². The second kappa shape index (κ2) is 5.62. The largest absolute Gasteiger partial charge is 0.265 e. The molecule has 0 N–H and O–H groups in total. The lowest BCUT2D eigenvalue weighted by Gasteiger charge is -2.16. The molecule has 0 radical (unpaired) electrons. The Morgan fingerprint density at radius 3 is 0.882 bits per heavy atom. The standard InChI is InChI=1S/C5H8N4O8/c10-6(11)1-5(2-7(12)13,3-8(14)15)4-9(16)17/h1-4H2. The Labute approximate surface area is 92.8 Å². The Kier molecular flexibility index (Phi) is 4.83. The van der Waals surface area contributed by atoms with Crippen LogP contribution in [0.15, 0.2) is 0 Å². The minimum atomic E-state index is -2.21. The van der Waals surface area contributed by atoms with Crippen LogP contribution in [0.25, 0.3) is 0 Å². The summed E-state index contributed by atoms with van der Waals surface area (Å²) in [4.78, 5) is 37.1. The molecule has 0 aliphatic heterocycles. The van der Waals surface area contributed by atoms with Crippen LogP contribution in [0.4, 0.5) is 0 Å². The van der Waals surface area contributed by atoms with Crippen LogP contribution < -0.4 is 0 Å². The van der Waals surface area contributed by atoms with Gasteiger partial charge >= 0.3 is 0 Å². The van der Waals surface area contributed by atoms with Gasteiger partial charge in [-0.2, -0.15) is 0 Å². The molecule has 17 heavy (non-hydrogen) atoms. The number of rotatable bonds is 8. The zero-order valence-electron chi connectivity index (χ0n) is 8.38. The smallest absolute Gasteiger partial charge is 0.228 e. The van der Waals surface area contributed by atoms with Crippen molar-refractivity contribution in [2.24, 2.45) is 5.41 Å². The summed E-state index contributed by atoms with van der Waals surface area (Å²) in [6.45, 7) is -4.79. The van der Waals surface area contributed by atoms with Gasteiger partial charge in [0, 0.05) is 19.7 Å². The van der Waals surface area contributed by atoms with Crippen molar-refractivity contribution < 1.29 is 19.7 Å². The lowest BCUT2D eigenvalue weighted by atomic mass is 9.88. The van der Waals surface area contributed by atoms with Crippen LogP contribution in [0, 0.1) is 45.9 Å². The number of nitro groups is 4. The molecule has 0 atom stereocenters. The summed E-state index contributed by atoms with van der Waals surface area (Å²) in [5.41, 5.74) is -2.21. The lowest BCUT2D eigenvalue weighted by Crippen LogP contribution is -2.47. The second-order valence-corrected chi connectivity index (χ2v) is 3.46. The van der Waals surface area contributed by atoms with Gasteiger partial charge < -0.3 is 0 Å². The average Bonchev–Trinajstić information content (AvgIpc) is 1.95. The van der Waals surface area contributed by atoms with Gasteiger partial charge in [-0.1, -0.05) is 0 Å². The van der Waals surface area contributed by atoms with Gasteiger partial charge in [0.25, 0.3) is 0 Å². The molecule has 0 rings (SSSR count). The number of hydrogen-bond donors (Lipinski definition) is 0. The lowest BCUT2D eigenvalue weighted by molar-refractivity contribution is -0.606. The van der Waals surface area contributed by atoms with E-state index < -0.39 is 51.3 Å². The summed E-state index contributed by atoms with van der Waals surface area (Å²) in [6, 6.07) is 0. The molecule has 96 valence electrons. The van der Waals surface area contributed by atoms with Crippen LogP contribution >= 0.6 is 0 Å². The topological polar surface area (TPSA) is 173 Å². The molecule has 12 heteroatoms. The molecule has 0 amide bonds. The minimum Gasteiger partial charge on any atom is -0.265 e. The van der Waals surface area contributed by atoms with Gasteiger partial charge in [-0.3, -0.25) is 40.5 Å². The maximum Gasteiger partial charge on any atom is 0.228 e. The summed E-state index contributed by atoms with van der Waals surface area (Å²) < 4.78 is 0. The number of nitrogens with zero attached hydrogens (tertiary/aromatic N) is 4. The summed E-state index contributed by atoms with van der Waals surface area (Å²) in [6.07, 6.45) is 0. The monoisotopic (exact) mass is 252 g/mol. The highest BCUT2D eigenvalue weighted by molar-refractivity contribution is 4.77. The molecule has 0 unspecified atom stereocenters. The molecule has 0 fully saturated rings. The highest BCUT2D eigenvalue weighted by Gasteiger charge is 2.51. The highest BCUT2D eigenvalue weighted by Crippen LogP contribution is 2.19.